The Morgan fingerprint density at radius 3 is 2.73 bits per heavy atom. The lowest BCUT2D eigenvalue weighted by Gasteiger charge is -2.13. The summed E-state index contributed by atoms with van der Waals surface area (Å²) in [7, 11) is 5.70. The molecule has 0 saturated carbocycles. The first kappa shape index (κ1) is 23.0. The van der Waals surface area contributed by atoms with E-state index >= 15 is 0 Å². The molecule has 6 nitrogen and oxygen atoms in total. The number of hydrogen-bond acceptors (Lipinski definition) is 6. The Balaban J connectivity index is 2.54. The van der Waals surface area contributed by atoms with Crippen molar-refractivity contribution in [3.63, 3.8) is 0 Å². The van der Waals surface area contributed by atoms with Crippen LogP contribution in [0.2, 0.25) is 0 Å². The van der Waals surface area contributed by atoms with E-state index in [-0.39, 0.29) is 6.61 Å². The monoisotopic (exact) mass is 405 g/mol. The summed E-state index contributed by atoms with van der Waals surface area (Å²) in [5.41, 5.74) is 4.77. The molecule has 1 aromatic heterocycles. The van der Waals surface area contributed by atoms with Gasteiger partial charge < -0.3 is 15.3 Å². The van der Waals surface area contributed by atoms with Gasteiger partial charge in [-0.2, -0.15) is 0 Å². The zero-order valence-corrected chi connectivity index (χ0v) is 18.3. The predicted molar refractivity (Wildman–Crippen MR) is 128 cm³/mol. The number of aliphatic hydroxyl groups is 1. The SMILES string of the molecule is C=C/C(=C\N(C)C)c1cccc(-c2ncc(/C(C=NC)=C/CC)c(NCCO)n2)c1. The first-order valence-corrected chi connectivity index (χ1v) is 10.00. The molecule has 1 heterocycles. The van der Waals surface area contributed by atoms with Crippen LogP contribution in [0.5, 0.6) is 0 Å². The van der Waals surface area contributed by atoms with E-state index in [1.807, 2.05) is 55.7 Å². The Morgan fingerprint density at radius 1 is 1.30 bits per heavy atom. The number of nitrogens with one attached hydrogen (secondary N) is 1. The van der Waals surface area contributed by atoms with Crippen molar-refractivity contribution in [1.29, 1.82) is 0 Å². The van der Waals surface area contributed by atoms with Gasteiger partial charge in [0.2, 0.25) is 0 Å². The van der Waals surface area contributed by atoms with Crippen molar-refractivity contribution in [2.75, 3.05) is 39.6 Å². The second kappa shape index (κ2) is 11.7. The number of aliphatic imine (C=N–C) groups is 1. The summed E-state index contributed by atoms with van der Waals surface area (Å²) in [5, 5.41) is 12.5. The van der Waals surface area contributed by atoms with Crippen LogP contribution in [0, 0.1) is 0 Å². The minimum absolute atomic E-state index is 0.0149. The lowest BCUT2D eigenvalue weighted by Crippen LogP contribution is -2.10. The van der Waals surface area contributed by atoms with Gasteiger partial charge in [-0.1, -0.05) is 43.9 Å². The minimum atomic E-state index is 0.0149. The summed E-state index contributed by atoms with van der Waals surface area (Å²) in [6.45, 7) is 6.42. The molecule has 0 atom stereocenters. The highest BCUT2D eigenvalue weighted by Gasteiger charge is 2.12. The topological polar surface area (TPSA) is 73.6 Å². The number of rotatable bonds is 10. The van der Waals surface area contributed by atoms with Gasteiger partial charge in [-0.05, 0) is 23.6 Å². The van der Waals surface area contributed by atoms with Crippen LogP contribution in [0.25, 0.3) is 22.5 Å². The molecule has 0 aliphatic rings. The lowest BCUT2D eigenvalue weighted by molar-refractivity contribution is 0.311. The quantitative estimate of drug-likeness (QED) is 0.459. The molecule has 0 radical (unpaired) electrons. The van der Waals surface area contributed by atoms with E-state index in [1.54, 1.807) is 13.3 Å². The third-order valence-corrected chi connectivity index (χ3v) is 4.27. The number of anilines is 1. The Labute approximate surface area is 179 Å². The second-order valence-electron chi connectivity index (χ2n) is 6.89. The molecule has 0 aliphatic carbocycles. The van der Waals surface area contributed by atoms with Crippen molar-refractivity contribution in [2.24, 2.45) is 4.99 Å². The van der Waals surface area contributed by atoms with Gasteiger partial charge in [-0.15, -0.1) is 0 Å². The molecule has 2 rings (SSSR count). The maximum atomic E-state index is 9.28. The number of aromatic nitrogens is 2. The van der Waals surface area contributed by atoms with E-state index in [9.17, 15) is 5.11 Å². The third kappa shape index (κ3) is 6.12. The van der Waals surface area contributed by atoms with Crippen LogP contribution >= 0.6 is 0 Å². The zero-order valence-electron chi connectivity index (χ0n) is 18.3. The Kier molecular flexibility index (Phi) is 8.97. The van der Waals surface area contributed by atoms with Crippen molar-refractivity contribution in [2.45, 2.75) is 13.3 Å². The molecular formula is C24H31N5O. The van der Waals surface area contributed by atoms with Gasteiger partial charge in [-0.25, -0.2) is 9.97 Å². The number of aliphatic hydroxyl groups excluding tert-OH is 1. The molecule has 0 unspecified atom stereocenters. The molecule has 1 aromatic carbocycles. The van der Waals surface area contributed by atoms with Gasteiger partial charge >= 0.3 is 0 Å². The van der Waals surface area contributed by atoms with Gasteiger partial charge in [-0.3, -0.25) is 4.99 Å². The highest BCUT2D eigenvalue weighted by molar-refractivity contribution is 6.11. The van der Waals surface area contributed by atoms with E-state index in [2.05, 4.69) is 40.9 Å². The molecule has 2 aromatic rings. The van der Waals surface area contributed by atoms with Gasteiger partial charge in [0, 0.05) is 63.0 Å². The van der Waals surface area contributed by atoms with Crippen LogP contribution in [-0.4, -0.2) is 60.5 Å². The number of hydrogen-bond donors (Lipinski definition) is 2. The van der Waals surface area contributed by atoms with Crippen molar-refractivity contribution < 1.29 is 5.11 Å². The highest BCUT2D eigenvalue weighted by atomic mass is 16.3. The molecule has 0 spiro atoms. The van der Waals surface area contributed by atoms with Gasteiger partial charge in [0.25, 0.3) is 0 Å². The molecule has 30 heavy (non-hydrogen) atoms. The fraction of sp³-hybridized carbons (Fsp3) is 0.292. The van der Waals surface area contributed by atoms with Crippen molar-refractivity contribution in [1.82, 2.24) is 14.9 Å². The summed E-state index contributed by atoms with van der Waals surface area (Å²) in [4.78, 5) is 15.5. The van der Waals surface area contributed by atoms with Gasteiger partial charge in [0.05, 0.1) is 6.61 Å². The number of benzene rings is 1. The number of nitrogens with zero attached hydrogens (tertiary/aromatic N) is 4. The Hall–Kier alpha value is -3.25. The van der Waals surface area contributed by atoms with Crippen molar-refractivity contribution in [3.05, 3.63) is 66.5 Å². The van der Waals surface area contributed by atoms with Gasteiger partial charge in [0.15, 0.2) is 5.82 Å². The zero-order chi connectivity index (χ0) is 21.9. The van der Waals surface area contributed by atoms with Crippen LogP contribution in [0.1, 0.15) is 24.5 Å². The average molecular weight is 406 g/mol. The maximum absolute atomic E-state index is 9.28. The first-order valence-electron chi connectivity index (χ1n) is 10.00. The Morgan fingerprint density at radius 2 is 2.10 bits per heavy atom. The lowest BCUT2D eigenvalue weighted by atomic mass is 10.0. The van der Waals surface area contributed by atoms with Crippen LogP contribution in [0.15, 0.2) is 60.4 Å². The maximum Gasteiger partial charge on any atom is 0.161 e. The smallest absolute Gasteiger partial charge is 0.161 e. The summed E-state index contributed by atoms with van der Waals surface area (Å²) in [6.07, 6.45) is 10.4. The molecule has 0 saturated heterocycles. The van der Waals surface area contributed by atoms with Crippen LogP contribution < -0.4 is 5.32 Å². The predicted octanol–water partition coefficient (Wildman–Crippen LogP) is 4.13. The summed E-state index contributed by atoms with van der Waals surface area (Å²) in [5.74, 6) is 1.28. The van der Waals surface area contributed by atoms with E-state index in [1.165, 1.54) is 0 Å². The molecule has 0 fully saturated rings. The molecule has 0 aliphatic heterocycles. The van der Waals surface area contributed by atoms with Crippen LogP contribution in [-0.2, 0) is 0 Å². The normalized spacial score (nSPS) is 12.3. The second-order valence-corrected chi connectivity index (χ2v) is 6.89. The molecular weight excluding hydrogens is 374 g/mol. The minimum Gasteiger partial charge on any atom is -0.395 e. The molecule has 6 heteroatoms. The van der Waals surface area contributed by atoms with E-state index < -0.39 is 0 Å². The van der Waals surface area contributed by atoms with Crippen LogP contribution in [0.4, 0.5) is 5.82 Å². The summed E-state index contributed by atoms with van der Waals surface area (Å²) in [6, 6.07) is 8.07. The first-order chi connectivity index (χ1) is 14.5. The summed E-state index contributed by atoms with van der Waals surface area (Å²) < 4.78 is 0. The summed E-state index contributed by atoms with van der Waals surface area (Å²) >= 11 is 0. The highest BCUT2D eigenvalue weighted by Crippen LogP contribution is 2.26. The molecule has 0 bridgehead atoms. The van der Waals surface area contributed by atoms with Crippen LogP contribution in [0.3, 0.4) is 0 Å². The fourth-order valence-corrected chi connectivity index (χ4v) is 2.99. The molecule has 158 valence electrons. The van der Waals surface area contributed by atoms with Crippen molar-refractivity contribution >= 4 is 23.2 Å². The standard InChI is InChI=1S/C24H31N5O/c1-6-9-21(15-25-3)22-16-27-23(28-24(22)26-12-13-30)20-11-8-10-19(14-20)18(7-2)17-29(4)5/h7-11,14-17,30H,2,6,12-13H2,1,3-5H3,(H,26,27,28)/b18-17+,21-9+,25-15?. The molecule has 2 N–H and O–H groups in total. The van der Waals surface area contributed by atoms with E-state index in [0.717, 1.165) is 34.3 Å². The average Bonchev–Trinajstić information content (AvgIpc) is 2.75. The van der Waals surface area contributed by atoms with E-state index in [4.69, 9.17) is 4.98 Å². The molecule has 0 amide bonds. The van der Waals surface area contributed by atoms with E-state index in [0.29, 0.717) is 18.2 Å². The third-order valence-electron chi connectivity index (χ3n) is 4.27. The fourth-order valence-electron chi connectivity index (χ4n) is 2.99. The van der Waals surface area contributed by atoms with Gasteiger partial charge in [0.1, 0.15) is 5.82 Å². The van der Waals surface area contributed by atoms with Crippen molar-refractivity contribution in [3.8, 4) is 11.4 Å². The number of allylic oxidation sites excluding steroid dienone is 4. The largest absolute Gasteiger partial charge is 0.395 e. The Bertz CT molecular complexity index is 944.